The van der Waals surface area contributed by atoms with E-state index in [0.717, 1.165) is 50.7 Å². The van der Waals surface area contributed by atoms with E-state index >= 15 is 0 Å². The van der Waals surface area contributed by atoms with Crippen LogP contribution in [0.25, 0.3) is 0 Å². The minimum Gasteiger partial charge on any atom is -0.469 e. The molecule has 0 spiro atoms. The quantitative estimate of drug-likeness (QED) is 0.436. The second-order valence-electron chi connectivity index (χ2n) is 7.12. The van der Waals surface area contributed by atoms with Crippen LogP contribution >= 0.6 is 0 Å². The Hall–Kier alpha value is -1.49. The molecule has 0 amide bonds. The second kappa shape index (κ2) is 9.72. The molecule has 0 saturated carbocycles. The molecular formula is C19H34N4O. The van der Waals surface area contributed by atoms with Crippen molar-refractivity contribution in [3.63, 3.8) is 0 Å². The molecule has 2 rings (SSSR count). The summed E-state index contributed by atoms with van der Waals surface area (Å²) >= 11 is 0. The van der Waals surface area contributed by atoms with E-state index in [9.17, 15) is 0 Å². The first kappa shape index (κ1) is 18.8. The van der Waals surface area contributed by atoms with Gasteiger partial charge in [0.1, 0.15) is 5.76 Å². The number of hydrogen-bond donors (Lipinski definition) is 2. The highest BCUT2D eigenvalue weighted by Gasteiger charge is 2.31. The van der Waals surface area contributed by atoms with Crippen LogP contribution in [0, 0.1) is 5.92 Å². The molecule has 0 radical (unpaired) electrons. The molecule has 1 aliphatic rings. The summed E-state index contributed by atoms with van der Waals surface area (Å²) in [6, 6.07) is 5.02. The zero-order chi connectivity index (χ0) is 17.4. The van der Waals surface area contributed by atoms with E-state index in [2.05, 4.69) is 43.2 Å². The fourth-order valence-corrected chi connectivity index (χ4v) is 3.05. The fraction of sp³-hybridized carbons (Fsp3) is 0.737. The van der Waals surface area contributed by atoms with E-state index in [4.69, 9.17) is 9.41 Å². The van der Waals surface area contributed by atoms with Gasteiger partial charge in [0.15, 0.2) is 5.96 Å². The Bertz CT molecular complexity index is 484. The Morgan fingerprint density at radius 3 is 2.88 bits per heavy atom. The lowest BCUT2D eigenvalue weighted by Crippen LogP contribution is -2.47. The highest BCUT2D eigenvalue weighted by molar-refractivity contribution is 5.80. The van der Waals surface area contributed by atoms with Gasteiger partial charge in [-0.05, 0) is 38.3 Å². The van der Waals surface area contributed by atoms with Gasteiger partial charge in [0, 0.05) is 44.7 Å². The zero-order valence-electron chi connectivity index (χ0n) is 15.7. The number of nitrogens with zero attached hydrogens (tertiary/aromatic N) is 2. The van der Waals surface area contributed by atoms with Gasteiger partial charge < -0.3 is 15.1 Å². The Kier molecular flexibility index (Phi) is 7.63. The van der Waals surface area contributed by atoms with Gasteiger partial charge in [0.25, 0.3) is 0 Å². The van der Waals surface area contributed by atoms with E-state index in [1.54, 1.807) is 6.26 Å². The van der Waals surface area contributed by atoms with Gasteiger partial charge >= 0.3 is 0 Å². The predicted octanol–water partition coefficient (Wildman–Crippen LogP) is 2.89. The largest absolute Gasteiger partial charge is 0.469 e. The Morgan fingerprint density at radius 2 is 2.25 bits per heavy atom. The molecule has 0 aromatic carbocycles. The normalized spacial score (nSPS) is 22.3. The van der Waals surface area contributed by atoms with Crippen LogP contribution in [-0.4, -0.2) is 49.1 Å². The van der Waals surface area contributed by atoms with Crippen LogP contribution in [0.3, 0.4) is 0 Å². The van der Waals surface area contributed by atoms with Crippen molar-refractivity contribution < 1.29 is 4.42 Å². The van der Waals surface area contributed by atoms with E-state index < -0.39 is 0 Å². The minimum atomic E-state index is 0.462. The van der Waals surface area contributed by atoms with Crippen molar-refractivity contribution >= 4 is 5.96 Å². The molecule has 1 aliphatic heterocycles. The van der Waals surface area contributed by atoms with Crippen LogP contribution < -0.4 is 10.6 Å². The van der Waals surface area contributed by atoms with E-state index in [-0.39, 0.29) is 0 Å². The Balaban J connectivity index is 1.86. The summed E-state index contributed by atoms with van der Waals surface area (Å²) in [7, 11) is 0. The molecule has 0 bridgehead atoms. The van der Waals surface area contributed by atoms with E-state index in [1.807, 2.05) is 12.1 Å². The third kappa shape index (κ3) is 5.86. The number of aliphatic imine (C=N–C) groups is 1. The molecule has 136 valence electrons. The standard InChI is InChI=1S/C19H34N4O/c1-5-6-10-20-19(21-11-9-17-8-7-12-24-17)22-18-14-23(15(2)3)13-16(18)4/h7-8,12,15-16,18H,5-6,9-11,13-14H2,1-4H3,(H2,20,21,22). The maximum atomic E-state index is 5.40. The van der Waals surface area contributed by atoms with Crippen molar-refractivity contribution in [2.24, 2.45) is 10.9 Å². The second-order valence-corrected chi connectivity index (χ2v) is 7.12. The molecule has 0 aliphatic carbocycles. The maximum absolute atomic E-state index is 5.40. The molecule has 5 heteroatoms. The molecule has 2 N–H and O–H groups in total. The molecular weight excluding hydrogens is 300 g/mol. The summed E-state index contributed by atoms with van der Waals surface area (Å²) in [4.78, 5) is 7.28. The first-order valence-corrected chi connectivity index (χ1v) is 9.41. The third-order valence-electron chi connectivity index (χ3n) is 4.72. The summed E-state index contributed by atoms with van der Waals surface area (Å²) in [5.41, 5.74) is 0. The van der Waals surface area contributed by atoms with Gasteiger partial charge in [-0.2, -0.15) is 0 Å². The third-order valence-corrected chi connectivity index (χ3v) is 4.72. The van der Waals surface area contributed by atoms with Gasteiger partial charge in [0.2, 0.25) is 0 Å². The van der Waals surface area contributed by atoms with Crippen LogP contribution in [0.1, 0.15) is 46.3 Å². The number of guanidine groups is 1. The topological polar surface area (TPSA) is 52.8 Å². The molecule has 1 saturated heterocycles. The lowest BCUT2D eigenvalue weighted by atomic mass is 10.1. The molecule has 1 aromatic rings. The van der Waals surface area contributed by atoms with Crippen LogP contribution in [0.15, 0.2) is 27.8 Å². The molecule has 2 atom stereocenters. The summed E-state index contributed by atoms with van der Waals surface area (Å²) in [6.45, 7) is 13.0. The molecule has 24 heavy (non-hydrogen) atoms. The highest BCUT2D eigenvalue weighted by Crippen LogP contribution is 2.18. The maximum Gasteiger partial charge on any atom is 0.191 e. The van der Waals surface area contributed by atoms with Gasteiger partial charge in [-0.15, -0.1) is 0 Å². The average molecular weight is 335 g/mol. The van der Waals surface area contributed by atoms with Gasteiger partial charge in [-0.1, -0.05) is 20.3 Å². The van der Waals surface area contributed by atoms with Crippen LogP contribution in [0.4, 0.5) is 0 Å². The Labute approximate surface area is 146 Å². The van der Waals surface area contributed by atoms with Crippen molar-refractivity contribution in [2.75, 3.05) is 26.2 Å². The smallest absolute Gasteiger partial charge is 0.191 e. The number of unbranched alkanes of at least 4 members (excludes halogenated alkanes) is 1. The molecule has 2 unspecified atom stereocenters. The Morgan fingerprint density at radius 1 is 1.42 bits per heavy atom. The first-order valence-electron chi connectivity index (χ1n) is 9.41. The van der Waals surface area contributed by atoms with E-state index in [1.165, 1.54) is 6.42 Å². The van der Waals surface area contributed by atoms with E-state index in [0.29, 0.717) is 18.0 Å². The summed E-state index contributed by atoms with van der Waals surface area (Å²) in [6.07, 6.45) is 4.90. The van der Waals surface area contributed by atoms with Crippen molar-refractivity contribution in [3.05, 3.63) is 24.2 Å². The number of likely N-dealkylation sites (tertiary alicyclic amines) is 1. The molecule has 1 aromatic heterocycles. The summed E-state index contributed by atoms with van der Waals surface area (Å²) in [5, 5.41) is 7.12. The van der Waals surface area contributed by atoms with Gasteiger partial charge in [-0.3, -0.25) is 9.89 Å². The molecule has 5 nitrogen and oxygen atoms in total. The van der Waals surface area contributed by atoms with Crippen molar-refractivity contribution in [1.29, 1.82) is 0 Å². The van der Waals surface area contributed by atoms with Crippen LogP contribution in [-0.2, 0) is 6.42 Å². The number of hydrogen-bond acceptors (Lipinski definition) is 3. The first-order chi connectivity index (χ1) is 11.6. The minimum absolute atomic E-state index is 0.462. The number of nitrogens with one attached hydrogen (secondary N) is 2. The van der Waals surface area contributed by atoms with Crippen LogP contribution in [0.5, 0.6) is 0 Å². The average Bonchev–Trinajstić information content (AvgIpc) is 3.18. The summed E-state index contributed by atoms with van der Waals surface area (Å²) < 4.78 is 5.40. The predicted molar refractivity (Wildman–Crippen MR) is 100 cm³/mol. The van der Waals surface area contributed by atoms with Gasteiger partial charge in [0.05, 0.1) is 6.26 Å². The number of furan rings is 1. The van der Waals surface area contributed by atoms with Crippen molar-refractivity contribution in [2.45, 2.75) is 59.0 Å². The lowest BCUT2D eigenvalue weighted by molar-refractivity contribution is 0.265. The molecule has 1 fully saturated rings. The number of rotatable bonds is 8. The fourth-order valence-electron chi connectivity index (χ4n) is 3.05. The monoisotopic (exact) mass is 334 g/mol. The lowest BCUT2D eigenvalue weighted by Gasteiger charge is -2.22. The van der Waals surface area contributed by atoms with Crippen molar-refractivity contribution in [1.82, 2.24) is 15.5 Å². The highest BCUT2D eigenvalue weighted by atomic mass is 16.3. The summed E-state index contributed by atoms with van der Waals surface area (Å²) in [5.74, 6) is 2.59. The molecule has 2 heterocycles. The SMILES string of the molecule is CCCCN=C(NCCc1ccco1)NC1CN(C(C)C)CC1C. The zero-order valence-corrected chi connectivity index (χ0v) is 15.7. The van der Waals surface area contributed by atoms with Crippen molar-refractivity contribution in [3.8, 4) is 0 Å². The van der Waals surface area contributed by atoms with Gasteiger partial charge in [-0.25, -0.2) is 0 Å². The van der Waals surface area contributed by atoms with Crippen LogP contribution in [0.2, 0.25) is 0 Å².